The van der Waals surface area contributed by atoms with E-state index >= 15 is 0 Å². The van der Waals surface area contributed by atoms with Crippen molar-refractivity contribution in [2.24, 2.45) is 5.41 Å². The summed E-state index contributed by atoms with van der Waals surface area (Å²) in [5.74, 6) is 0. The average Bonchev–Trinajstić information content (AvgIpc) is 1.82. The SMILES string of the molecule is C=C1CN(CC(C)(C)C)CCN1. The molecular weight excluding hydrogens is 148 g/mol. The van der Waals surface area contributed by atoms with Crippen LogP contribution in [0.25, 0.3) is 0 Å². The van der Waals surface area contributed by atoms with Crippen molar-refractivity contribution in [2.45, 2.75) is 20.8 Å². The van der Waals surface area contributed by atoms with Crippen LogP contribution < -0.4 is 5.32 Å². The number of nitrogens with zero attached hydrogens (tertiary/aromatic N) is 1. The van der Waals surface area contributed by atoms with Crippen molar-refractivity contribution < 1.29 is 0 Å². The lowest BCUT2D eigenvalue weighted by atomic mass is 9.96. The Bertz CT molecular complexity index is 167. The molecule has 0 aliphatic carbocycles. The molecule has 70 valence electrons. The largest absolute Gasteiger partial charge is 0.386 e. The molecule has 0 aromatic heterocycles. The van der Waals surface area contributed by atoms with Gasteiger partial charge in [-0.3, -0.25) is 4.90 Å². The Morgan fingerprint density at radius 2 is 2.17 bits per heavy atom. The lowest BCUT2D eigenvalue weighted by molar-refractivity contribution is 0.189. The summed E-state index contributed by atoms with van der Waals surface area (Å²) >= 11 is 0. The zero-order valence-electron chi connectivity index (χ0n) is 8.48. The molecule has 0 unspecified atom stereocenters. The molecule has 1 aliphatic heterocycles. The monoisotopic (exact) mass is 168 g/mol. The second-order valence-corrected chi connectivity index (χ2v) is 4.80. The van der Waals surface area contributed by atoms with Gasteiger partial charge in [-0.2, -0.15) is 0 Å². The van der Waals surface area contributed by atoms with Crippen molar-refractivity contribution in [1.82, 2.24) is 10.2 Å². The lowest BCUT2D eigenvalue weighted by Gasteiger charge is -2.34. The fourth-order valence-corrected chi connectivity index (χ4v) is 1.60. The van der Waals surface area contributed by atoms with Gasteiger partial charge >= 0.3 is 0 Å². The maximum absolute atomic E-state index is 3.94. The summed E-state index contributed by atoms with van der Waals surface area (Å²) < 4.78 is 0. The molecule has 2 nitrogen and oxygen atoms in total. The van der Waals surface area contributed by atoms with Crippen LogP contribution in [-0.2, 0) is 0 Å². The van der Waals surface area contributed by atoms with Crippen LogP contribution in [0.15, 0.2) is 12.3 Å². The summed E-state index contributed by atoms with van der Waals surface area (Å²) in [5.41, 5.74) is 1.56. The van der Waals surface area contributed by atoms with E-state index in [1.165, 1.54) is 0 Å². The van der Waals surface area contributed by atoms with E-state index in [-0.39, 0.29) is 0 Å². The highest BCUT2D eigenvalue weighted by molar-refractivity contribution is 4.98. The van der Waals surface area contributed by atoms with Gasteiger partial charge in [0, 0.05) is 31.9 Å². The Morgan fingerprint density at radius 3 is 2.67 bits per heavy atom. The maximum Gasteiger partial charge on any atom is 0.0376 e. The van der Waals surface area contributed by atoms with Crippen LogP contribution in [0.4, 0.5) is 0 Å². The van der Waals surface area contributed by atoms with Gasteiger partial charge in [-0.1, -0.05) is 27.4 Å². The fraction of sp³-hybridized carbons (Fsp3) is 0.800. The molecule has 1 heterocycles. The molecule has 1 N–H and O–H groups in total. The van der Waals surface area contributed by atoms with E-state index in [4.69, 9.17) is 0 Å². The first-order valence-electron chi connectivity index (χ1n) is 4.61. The van der Waals surface area contributed by atoms with Crippen molar-refractivity contribution in [1.29, 1.82) is 0 Å². The summed E-state index contributed by atoms with van der Waals surface area (Å²) in [7, 11) is 0. The van der Waals surface area contributed by atoms with Crippen LogP contribution >= 0.6 is 0 Å². The first-order chi connectivity index (χ1) is 5.47. The third-order valence-electron chi connectivity index (χ3n) is 1.92. The molecule has 0 aromatic carbocycles. The van der Waals surface area contributed by atoms with Crippen LogP contribution in [0.2, 0.25) is 0 Å². The highest BCUT2D eigenvalue weighted by Gasteiger charge is 2.18. The van der Waals surface area contributed by atoms with Crippen LogP contribution in [-0.4, -0.2) is 31.1 Å². The number of hydrogen-bond acceptors (Lipinski definition) is 2. The molecule has 1 saturated heterocycles. The molecule has 1 fully saturated rings. The molecule has 0 spiro atoms. The second kappa shape index (κ2) is 3.48. The number of hydrogen-bond donors (Lipinski definition) is 1. The first-order valence-corrected chi connectivity index (χ1v) is 4.61. The predicted molar refractivity (Wildman–Crippen MR) is 53.0 cm³/mol. The van der Waals surface area contributed by atoms with Crippen molar-refractivity contribution in [3.05, 3.63) is 12.3 Å². The van der Waals surface area contributed by atoms with E-state index in [1.54, 1.807) is 0 Å². The Kier molecular flexibility index (Phi) is 2.78. The number of nitrogens with one attached hydrogen (secondary N) is 1. The summed E-state index contributed by atoms with van der Waals surface area (Å²) in [6.07, 6.45) is 0. The van der Waals surface area contributed by atoms with E-state index in [0.717, 1.165) is 31.9 Å². The minimum atomic E-state index is 0.400. The zero-order chi connectivity index (χ0) is 9.19. The molecule has 0 bridgehead atoms. The molecule has 0 saturated carbocycles. The fourth-order valence-electron chi connectivity index (χ4n) is 1.60. The minimum absolute atomic E-state index is 0.400. The highest BCUT2D eigenvalue weighted by Crippen LogP contribution is 2.16. The average molecular weight is 168 g/mol. The van der Waals surface area contributed by atoms with Gasteiger partial charge in [0.15, 0.2) is 0 Å². The third kappa shape index (κ3) is 3.26. The summed E-state index contributed by atoms with van der Waals surface area (Å²) in [6.45, 7) is 15.1. The third-order valence-corrected chi connectivity index (χ3v) is 1.92. The molecule has 12 heavy (non-hydrogen) atoms. The number of piperazine rings is 1. The smallest absolute Gasteiger partial charge is 0.0376 e. The standard InChI is InChI=1S/C10H20N2/c1-9-7-12(6-5-11-9)8-10(2,3)4/h11H,1,5-8H2,2-4H3. The van der Waals surface area contributed by atoms with Gasteiger partial charge in [0.25, 0.3) is 0 Å². The normalized spacial score (nSPS) is 20.8. The summed E-state index contributed by atoms with van der Waals surface area (Å²) in [5, 5.41) is 3.26. The van der Waals surface area contributed by atoms with Gasteiger partial charge in [0.1, 0.15) is 0 Å². The molecule has 0 aromatic rings. The van der Waals surface area contributed by atoms with Gasteiger partial charge < -0.3 is 5.32 Å². The van der Waals surface area contributed by atoms with Gasteiger partial charge in [-0.15, -0.1) is 0 Å². The quantitative estimate of drug-likeness (QED) is 0.637. The molecule has 0 amide bonds. The van der Waals surface area contributed by atoms with Crippen LogP contribution in [0.5, 0.6) is 0 Å². The molecule has 1 aliphatic rings. The van der Waals surface area contributed by atoms with Crippen LogP contribution in [0, 0.1) is 5.41 Å². The van der Waals surface area contributed by atoms with E-state index < -0.39 is 0 Å². The van der Waals surface area contributed by atoms with Gasteiger partial charge in [-0.25, -0.2) is 0 Å². The van der Waals surface area contributed by atoms with Gasteiger partial charge in [0.05, 0.1) is 0 Å². The number of rotatable bonds is 1. The van der Waals surface area contributed by atoms with Crippen molar-refractivity contribution in [2.75, 3.05) is 26.2 Å². The molecule has 0 atom stereocenters. The molecular formula is C10H20N2. The summed E-state index contributed by atoms with van der Waals surface area (Å²) in [4.78, 5) is 2.46. The molecule has 2 heteroatoms. The van der Waals surface area contributed by atoms with Crippen molar-refractivity contribution in [3.8, 4) is 0 Å². The highest BCUT2D eigenvalue weighted by atomic mass is 15.2. The van der Waals surface area contributed by atoms with Gasteiger partial charge in [0.2, 0.25) is 0 Å². The Balaban J connectivity index is 2.37. The van der Waals surface area contributed by atoms with E-state index in [9.17, 15) is 0 Å². The van der Waals surface area contributed by atoms with Gasteiger partial charge in [-0.05, 0) is 5.41 Å². The van der Waals surface area contributed by atoms with E-state index in [2.05, 4.69) is 37.6 Å². The van der Waals surface area contributed by atoms with Crippen LogP contribution in [0.3, 0.4) is 0 Å². The predicted octanol–water partition coefficient (Wildman–Crippen LogP) is 1.45. The molecule has 0 radical (unpaired) electrons. The topological polar surface area (TPSA) is 15.3 Å². The maximum atomic E-state index is 3.94. The Hall–Kier alpha value is -0.500. The minimum Gasteiger partial charge on any atom is -0.386 e. The summed E-state index contributed by atoms with van der Waals surface area (Å²) in [6, 6.07) is 0. The van der Waals surface area contributed by atoms with Crippen LogP contribution in [0.1, 0.15) is 20.8 Å². The first kappa shape index (κ1) is 9.59. The van der Waals surface area contributed by atoms with Crippen molar-refractivity contribution in [3.63, 3.8) is 0 Å². The Labute approximate surface area is 75.6 Å². The van der Waals surface area contributed by atoms with E-state index in [1.807, 2.05) is 0 Å². The Morgan fingerprint density at radius 1 is 1.50 bits per heavy atom. The second-order valence-electron chi connectivity index (χ2n) is 4.80. The van der Waals surface area contributed by atoms with E-state index in [0.29, 0.717) is 5.41 Å². The zero-order valence-corrected chi connectivity index (χ0v) is 8.48. The lowest BCUT2D eigenvalue weighted by Crippen LogP contribution is -2.44. The van der Waals surface area contributed by atoms with Crippen molar-refractivity contribution >= 4 is 0 Å². The molecule has 1 rings (SSSR count).